The van der Waals surface area contributed by atoms with Crippen molar-refractivity contribution in [3.8, 4) is 0 Å². The van der Waals surface area contributed by atoms with Crippen molar-refractivity contribution in [1.29, 1.82) is 0 Å². The van der Waals surface area contributed by atoms with Crippen LogP contribution < -0.4 is 5.32 Å². The molecule has 0 saturated heterocycles. The first-order chi connectivity index (χ1) is 8.67. The highest BCUT2D eigenvalue weighted by molar-refractivity contribution is 5.43. The van der Waals surface area contributed by atoms with Gasteiger partial charge in [0.05, 0.1) is 11.0 Å². The fourth-order valence-electron chi connectivity index (χ4n) is 1.69. The summed E-state index contributed by atoms with van der Waals surface area (Å²) < 4.78 is 0. The van der Waals surface area contributed by atoms with E-state index in [0.29, 0.717) is 5.82 Å². The monoisotopic (exact) mass is 252 g/mol. The Morgan fingerprint density at radius 3 is 2.78 bits per heavy atom. The Hall–Kier alpha value is -1.69. The van der Waals surface area contributed by atoms with Crippen LogP contribution in [0.1, 0.15) is 20.3 Å². The van der Waals surface area contributed by atoms with Gasteiger partial charge in [-0.1, -0.05) is 13.8 Å². The van der Waals surface area contributed by atoms with Gasteiger partial charge in [-0.3, -0.25) is 10.1 Å². The topological polar surface area (TPSA) is 71.3 Å². The number of anilines is 1. The summed E-state index contributed by atoms with van der Waals surface area (Å²) in [7, 11) is 0. The van der Waals surface area contributed by atoms with Crippen LogP contribution in [0.2, 0.25) is 0 Å². The molecule has 1 aromatic heterocycles. The summed E-state index contributed by atoms with van der Waals surface area (Å²) >= 11 is 0. The predicted octanol–water partition coefficient (Wildman–Crippen LogP) is 2.13. The van der Waals surface area contributed by atoms with Crippen molar-refractivity contribution < 1.29 is 4.92 Å². The van der Waals surface area contributed by atoms with Crippen molar-refractivity contribution in [2.75, 3.05) is 31.5 Å². The summed E-state index contributed by atoms with van der Waals surface area (Å²) in [5.74, 6) is 0.559. The fourth-order valence-corrected chi connectivity index (χ4v) is 1.69. The maximum absolute atomic E-state index is 10.6. The molecule has 0 aliphatic heterocycles. The van der Waals surface area contributed by atoms with Crippen molar-refractivity contribution in [1.82, 2.24) is 9.88 Å². The smallest absolute Gasteiger partial charge is 0.274 e. The van der Waals surface area contributed by atoms with Crippen molar-refractivity contribution in [2.45, 2.75) is 20.3 Å². The SMILES string of the molecule is CCN(CC)CCCNc1cc([N+](=O)[O-])ccn1. The van der Waals surface area contributed by atoms with Crippen LogP contribution in [0.5, 0.6) is 0 Å². The van der Waals surface area contributed by atoms with Gasteiger partial charge in [-0.05, 0) is 26.1 Å². The lowest BCUT2D eigenvalue weighted by Gasteiger charge is -2.17. The van der Waals surface area contributed by atoms with E-state index in [0.717, 1.165) is 32.6 Å². The summed E-state index contributed by atoms with van der Waals surface area (Å²) in [5, 5.41) is 13.7. The average Bonchev–Trinajstić information content (AvgIpc) is 2.39. The summed E-state index contributed by atoms with van der Waals surface area (Å²) in [6.07, 6.45) is 2.44. The summed E-state index contributed by atoms with van der Waals surface area (Å²) in [5.41, 5.74) is 0.0660. The molecular formula is C12H20N4O2. The Morgan fingerprint density at radius 2 is 2.17 bits per heavy atom. The molecular weight excluding hydrogens is 232 g/mol. The van der Waals surface area contributed by atoms with Crippen LogP contribution in [0, 0.1) is 10.1 Å². The Kier molecular flexibility index (Phi) is 6.07. The van der Waals surface area contributed by atoms with E-state index in [-0.39, 0.29) is 5.69 Å². The van der Waals surface area contributed by atoms with Gasteiger partial charge < -0.3 is 10.2 Å². The van der Waals surface area contributed by atoms with Gasteiger partial charge in [0.15, 0.2) is 0 Å². The van der Waals surface area contributed by atoms with Crippen LogP contribution in [0.25, 0.3) is 0 Å². The third-order valence-corrected chi connectivity index (χ3v) is 2.81. The molecule has 0 unspecified atom stereocenters. The first-order valence-corrected chi connectivity index (χ1v) is 6.24. The van der Waals surface area contributed by atoms with Gasteiger partial charge in [-0.2, -0.15) is 0 Å². The quantitative estimate of drug-likeness (QED) is 0.436. The Labute approximate surface area is 107 Å². The van der Waals surface area contributed by atoms with E-state index in [1.54, 1.807) is 0 Å². The fraction of sp³-hybridized carbons (Fsp3) is 0.583. The Bertz CT molecular complexity index is 380. The molecule has 0 amide bonds. The summed E-state index contributed by atoms with van der Waals surface area (Å²) in [6.45, 7) is 8.16. The number of rotatable bonds is 8. The van der Waals surface area contributed by atoms with Gasteiger partial charge in [-0.25, -0.2) is 4.98 Å². The molecule has 0 aliphatic carbocycles. The maximum Gasteiger partial charge on any atom is 0.274 e. The molecule has 0 atom stereocenters. The third-order valence-electron chi connectivity index (χ3n) is 2.81. The summed E-state index contributed by atoms with van der Waals surface area (Å²) in [6, 6.07) is 2.85. The van der Waals surface area contributed by atoms with E-state index in [4.69, 9.17) is 0 Å². The minimum atomic E-state index is -0.414. The standard InChI is InChI=1S/C12H20N4O2/c1-3-15(4-2)9-5-7-13-12-10-11(16(17)18)6-8-14-12/h6,8,10H,3-5,7,9H2,1-2H3,(H,13,14). The minimum absolute atomic E-state index is 0.0660. The van der Waals surface area contributed by atoms with Crippen molar-refractivity contribution in [2.24, 2.45) is 0 Å². The molecule has 0 bridgehead atoms. The number of nitrogens with one attached hydrogen (secondary N) is 1. The zero-order chi connectivity index (χ0) is 13.4. The van der Waals surface area contributed by atoms with E-state index in [9.17, 15) is 10.1 Å². The molecule has 0 aliphatic rings. The minimum Gasteiger partial charge on any atom is -0.370 e. The van der Waals surface area contributed by atoms with E-state index >= 15 is 0 Å². The molecule has 1 aromatic rings. The lowest BCUT2D eigenvalue weighted by molar-refractivity contribution is -0.384. The van der Waals surface area contributed by atoms with Crippen LogP contribution in [-0.2, 0) is 0 Å². The van der Waals surface area contributed by atoms with Gasteiger partial charge in [0.2, 0.25) is 0 Å². The lowest BCUT2D eigenvalue weighted by atomic mass is 10.3. The van der Waals surface area contributed by atoms with Crippen LogP contribution in [0.3, 0.4) is 0 Å². The van der Waals surface area contributed by atoms with Crippen molar-refractivity contribution in [3.05, 3.63) is 28.4 Å². The van der Waals surface area contributed by atoms with Crippen LogP contribution in [0.15, 0.2) is 18.3 Å². The van der Waals surface area contributed by atoms with Gasteiger partial charge in [-0.15, -0.1) is 0 Å². The second kappa shape index (κ2) is 7.60. The Balaban J connectivity index is 2.35. The molecule has 0 saturated carbocycles. The molecule has 1 rings (SSSR count). The van der Waals surface area contributed by atoms with E-state index < -0.39 is 4.92 Å². The number of hydrogen-bond donors (Lipinski definition) is 1. The average molecular weight is 252 g/mol. The van der Waals surface area contributed by atoms with E-state index in [1.165, 1.54) is 18.3 Å². The van der Waals surface area contributed by atoms with Crippen LogP contribution in [0.4, 0.5) is 11.5 Å². The maximum atomic E-state index is 10.6. The number of hydrogen-bond acceptors (Lipinski definition) is 5. The normalized spacial score (nSPS) is 10.6. The zero-order valence-corrected chi connectivity index (χ0v) is 10.9. The van der Waals surface area contributed by atoms with Crippen LogP contribution in [-0.4, -0.2) is 41.0 Å². The summed E-state index contributed by atoms with van der Waals surface area (Å²) in [4.78, 5) is 16.6. The number of nitrogens with zero attached hydrogens (tertiary/aromatic N) is 3. The van der Waals surface area contributed by atoms with Gasteiger partial charge in [0.1, 0.15) is 5.82 Å². The largest absolute Gasteiger partial charge is 0.370 e. The van der Waals surface area contributed by atoms with E-state index in [1.807, 2.05) is 0 Å². The van der Waals surface area contributed by atoms with Gasteiger partial charge in [0, 0.05) is 18.8 Å². The number of pyridine rings is 1. The molecule has 0 fully saturated rings. The Morgan fingerprint density at radius 1 is 1.44 bits per heavy atom. The van der Waals surface area contributed by atoms with E-state index in [2.05, 4.69) is 29.0 Å². The predicted molar refractivity (Wildman–Crippen MR) is 71.8 cm³/mol. The highest BCUT2D eigenvalue weighted by Gasteiger charge is 2.06. The highest BCUT2D eigenvalue weighted by Crippen LogP contribution is 2.13. The number of aromatic nitrogens is 1. The number of nitro groups is 1. The van der Waals surface area contributed by atoms with Crippen molar-refractivity contribution >= 4 is 11.5 Å². The van der Waals surface area contributed by atoms with Crippen LogP contribution >= 0.6 is 0 Å². The van der Waals surface area contributed by atoms with Gasteiger partial charge in [0.25, 0.3) is 5.69 Å². The molecule has 1 N–H and O–H groups in total. The molecule has 1 heterocycles. The molecule has 6 nitrogen and oxygen atoms in total. The molecule has 0 spiro atoms. The molecule has 100 valence electrons. The highest BCUT2D eigenvalue weighted by atomic mass is 16.6. The lowest BCUT2D eigenvalue weighted by Crippen LogP contribution is -2.25. The molecule has 6 heteroatoms. The third kappa shape index (κ3) is 4.67. The second-order valence-electron chi connectivity index (χ2n) is 3.96. The molecule has 0 aromatic carbocycles. The first-order valence-electron chi connectivity index (χ1n) is 6.24. The second-order valence-corrected chi connectivity index (χ2v) is 3.96. The van der Waals surface area contributed by atoms with Gasteiger partial charge >= 0.3 is 0 Å². The molecule has 0 radical (unpaired) electrons. The zero-order valence-electron chi connectivity index (χ0n) is 10.9. The first kappa shape index (κ1) is 14.4. The van der Waals surface area contributed by atoms with Crippen molar-refractivity contribution in [3.63, 3.8) is 0 Å². The molecule has 18 heavy (non-hydrogen) atoms.